The number of allylic oxidation sites excluding steroid dienone is 2. The molecular weight excluding hydrogens is 204 g/mol. The van der Waals surface area contributed by atoms with Gasteiger partial charge in [-0.3, -0.25) is 0 Å². The smallest absolute Gasteiger partial charge is 0.334 e. The quantitative estimate of drug-likeness (QED) is 0.340. The molecule has 0 radical (unpaired) electrons. The lowest BCUT2D eigenvalue weighted by molar-refractivity contribution is 0.188. The molecule has 0 bridgehead atoms. The van der Waals surface area contributed by atoms with Crippen LogP contribution in [-0.4, -0.2) is 21.8 Å². The van der Waals surface area contributed by atoms with Gasteiger partial charge >= 0.3 is 8.56 Å². The molecule has 0 heterocycles. The predicted octanol–water partition coefficient (Wildman–Crippen LogP) is 3.88. The lowest BCUT2D eigenvalue weighted by Crippen LogP contribution is -2.38. The Morgan fingerprint density at radius 3 is 2.07 bits per heavy atom. The molecule has 0 spiro atoms. The maximum atomic E-state index is 5.77. The van der Waals surface area contributed by atoms with Gasteiger partial charge < -0.3 is 8.85 Å². The van der Waals surface area contributed by atoms with Crippen LogP contribution >= 0.6 is 0 Å². The van der Waals surface area contributed by atoms with Crippen molar-refractivity contribution in [2.45, 2.75) is 52.6 Å². The zero-order valence-electron chi connectivity index (χ0n) is 10.7. The van der Waals surface area contributed by atoms with E-state index in [-0.39, 0.29) is 0 Å². The molecule has 0 aliphatic rings. The molecule has 0 fully saturated rings. The molecule has 0 rings (SSSR count). The Morgan fingerprint density at radius 1 is 1.00 bits per heavy atom. The fourth-order valence-electron chi connectivity index (χ4n) is 1.62. The second-order valence-electron chi connectivity index (χ2n) is 3.77. The molecule has 0 saturated carbocycles. The van der Waals surface area contributed by atoms with E-state index < -0.39 is 8.56 Å². The minimum Gasteiger partial charge on any atom is -0.395 e. The maximum absolute atomic E-state index is 5.77. The van der Waals surface area contributed by atoms with Gasteiger partial charge in [-0.05, 0) is 45.7 Å². The van der Waals surface area contributed by atoms with E-state index in [1.54, 1.807) is 0 Å². The first kappa shape index (κ1) is 14.9. The lowest BCUT2D eigenvalue weighted by atomic mass is 10.3. The van der Waals surface area contributed by atoms with E-state index in [9.17, 15) is 0 Å². The molecule has 90 valence electrons. The van der Waals surface area contributed by atoms with Gasteiger partial charge in [0.25, 0.3) is 0 Å². The van der Waals surface area contributed by atoms with E-state index in [0.29, 0.717) is 0 Å². The summed E-state index contributed by atoms with van der Waals surface area (Å²) in [6, 6.07) is 1.10. The van der Waals surface area contributed by atoms with E-state index >= 15 is 0 Å². The van der Waals surface area contributed by atoms with Gasteiger partial charge in [0.2, 0.25) is 0 Å². The fourth-order valence-corrected chi connectivity index (χ4v) is 4.06. The van der Waals surface area contributed by atoms with Crippen molar-refractivity contribution in [1.82, 2.24) is 0 Å². The van der Waals surface area contributed by atoms with Gasteiger partial charge in [0, 0.05) is 13.2 Å². The number of hydrogen-bond acceptors (Lipinski definition) is 2. The fraction of sp³-hybridized carbons (Fsp3) is 0.833. The molecule has 2 nitrogen and oxygen atoms in total. The predicted molar refractivity (Wildman–Crippen MR) is 68.3 cm³/mol. The largest absolute Gasteiger partial charge is 0.395 e. The van der Waals surface area contributed by atoms with Gasteiger partial charge in [0.05, 0.1) is 0 Å². The lowest BCUT2D eigenvalue weighted by Gasteiger charge is -2.25. The van der Waals surface area contributed by atoms with Gasteiger partial charge in [-0.25, -0.2) is 0 Å². The topological polar surface area (TPSA) is 18.5 Å². The van der Waals surface area contributed by atoms with Crippen LogP contribution in [-0.2, 0) is 8.85 Å². The first-order valence-corrected chi connectivity index (χ1v) is 8.63. The second kappa shape index (κ2) is 9.13. The van der Waals surface area contributed by atoms with Crippen LogP contribution in [0.25, 0.3) is 0 Å². The van der Waals surface area contributed by atoms with Crippen LogP contribution in [0.3, 0.4) is 0 Å². The standard InChI is InChI=1S/C12H26O2Si/c1-5-8-9-10-11-12-15(4,13-6-2)14-7-3/h8-9H,5-7,10-12H2,1-4H3. The Balaban J connectivity index is 3.79. The summed E-state index contributed by atoms with van der Waals surface area (Å²) >= 11 is 0. The average Bonchev–Trinajstić information content (AvgIpc) is 2.18. The van der Waals surface area contributed by atoms with Crippen molar-refractivity contribution in [2.24, 2.45) is 0 Å². The normalized spacial score (nSPS) is 12.5. The third kappa shape index (κ3) is 7.77. The Bertz CT molecular complexity index is 163. The van der Waals surface area contributed by atoms with Crippen LogP contribution in [0.2, 0.25) is 12.6 Å². The highest BCUT2D eigenvalue weighted by molar-refractivity contribution is 6.66. The first-order chi connectivity index (χ1) is 7.18. The molecule has 0 unspecified atom stereocenters. The van der Waals surface area contributed by atoms with Gasteiger partial charge in [0.1, 0.15) is 0 Å². The van der Waals surface area contributed by atoms with Crippen molar-refractivity contribution >= 4 is 8.56 Å². The van der Waals surface area contributed by atoms with Crippen molar-refractivity contribution in [2.75, 3.05) is 13.2 Å². The number of unbranched alkanes of at least 4 members (excludes halogenated alkanes) is 1. The Morgan fingerprint density at radius 2 is 1.60 bits per heavy atom. The van der Waals surface area contributed by atoms with Crippen LogP contribution in [0.4, 0.5) is 0 Å². The summed E-state index contributed by atoms with van der Waals surface area (Å²) in [7, 11) is -1.84. The van der Waals surface area contributed by atoms with Crippen molar-refractivity contribution in [3.05, 3.63) is 12.2 Å². The molecule has 0 atom stereocenters. The SMILES string of the molecule is CCC=CCCC[Si](C)(OCC)OCC. The van der Waals surface area contributed by atoms with Crippen molar-refractivity contribution in [3.8, 4) is 0 Å². The van der Waals surface area contributed by atoms with Gasteiger partial charge in [-0.15, -0.1) is 0 Å². The van der Waals surface area contributed by atoms with Crippen LogP contribution in [0, 0.1) is 0 Å². The zero-order valence-corrected chi connectivity index (χ0v) is 11.7. The highest BCUT2D eigenvalue weighted by Gasteiger charge is 2.29. The molecule has 0 aromatic carbocycles. The molecule has 15 heavy (non-hydrogen) atoms. The van der Waals surface area contributed by atoms with Crippen LogP contribution in [0.1, 0.15) is 40.0 Å². The van der Waals surface area contributed by atoms with Crippen molar-refractivity contribution in [3.63, 3.8) is 0 Å². The van der Waals surface area contributed by atoms with Crippen molar-refractivity contribution < 1.29 is 8.85 Å². The number of rotatable bonds is 9. The average molecular weight is 230 g/mol. The Labute approximate surface area is 95.9 Å². The molecule has 0 aliphatic heterocycles. The molecule has 0 saturated heterocycles. The summed E-state index contributed by atoms with van der Waals surface area (Å²) in [5, 5.41) is 0. The maximum Gasteiger partial charge on any atom is 0.334 e. The zero-order chi connectivity index (χ0) is 11.6. The molecule has 3 heteroatoms. The molecule has 0 aromatic rings. The molecule has 0 amide bonds. The van der Waals surface area contributed by atoms with E-state index in [4.69, 9.17) is 8.85 Å². The van der Waals surface area contributed by atoms with Gasteiger partial charge in [-0.2, -0.15) is 0 Å². The van der Waals surface area contributed by atoms with Crippen LogP contribution in [0.5, 0.6) is 0 Å². The van der Waals surface area contributed by atoms with E-state index in [1.165, 1.54) is 6.42 Å². The minimum absolute atomic E-state index is 0.771. The van der Waals surface area contributed by atoms with E-state index in [1.807, 2.05) is 13.8 Å². The summed E-state index contributed by atoms with van der Waals surface area (Å²) in [4.78, 5) is 0. The van der Waals surface area contributed by atoms with Gasteiger partial charge in [-0.1, -0.05) is 19.1 Å². The third-order valence-corrected chi connectivity index (χ3v) is 5.36. The summed E-state index contributed by atoms with van der Waals surface area (Å²) in [5.74, 6) is 0. The summed E-state index contributed by atoms with van der Waals surface area (Å²) in [6.07, 6.45) is 7.94. The first-order valence-electron chi connectivity index (χ1n) is 6.11. The summed E-state index contributed by atoms with van der Waals surface area (Å²) in [6.45, 7) is 9.96. The highest BCUT2D eigenvalue weighted by atomic mass is 28.4. The molecular formula is C12H26O2Si. The summed E-state index contributed by atoms with van der Waals surface area (Å²) in [5.41, 5.74) is 0. The van der Waals surface area contributed by atoms with Crippen molar-refractivity contribution in [1.29, 1.82) is 0 Å². The minimum atomic E-state index is -1.84. The second-order valence-corrected chi connectivity index (χ2v) is 7.12. The molecule has 0 aliphatic carbocycles. The Hall–Kier alpha value is -0.123. The summed E-state index contributed by atoms with van der Waals surface area (Å²) < 4.78 is 11.5. The third-order valence-electron chi connectivity index (χ3n) is 2.30. The molecule has 0 N–H and O–H groups in total. The molecule has 0 aromatic heterocycles. The van der Waals surface area contributed by atoms with E-state index in [0.717, 1.165) is 32.1 Å². The Kier molecular flexibility index (Phi) is 9.05. The van der Waals surface area contributed by atoms with Crippen LogP contribution < -0.4 is 0 Å². The monoisotopic (exact) mass is 230 g/mol. The highest BCUT2D eigenvalue weighted by Crippen LogP contribution is 2.17. The van der Waals surface area contributed by atoms with Crippen LogP contribution in [0.15, 0.2) is 12.2 Å². The van der Waals surface area contributed by atoms with E-state index in [2.05, 4.69) is 25.6 Å². The number of hydrogen-bond donors (Lipinski definition) is 0. The van der Waals surface area contributed by atoms with Gasteiger partial charge in [0.15, 0.2) is 0 Å².